The summed E-state index contributed by atoms with van der Waals surface area (Å²) < 4.78 is 26.8. The molecule has 0 amide bonds. The SMILES string of the molecule is O=S(=O)(Cc1ccccc1)Nc1ccc(-c2nn[nH]n2)cc1. The Bertz CT molecular complexity index is 831. The first-order chi connectivity index (χ1) is 10.6. The third kappa shape index (κ3) is 3.47. The zero-order valence-corrected chi connectivity index (χ0v) is 12.3. The highest BCUT2D eigenvalue weighted by atomic mass is 32.2. The molecule has 112 valence electrons. The normalized spacial score (nSPS) is 11.3. The molecule has 0 saturated carbocycles. The van der Waals surface area contributed by atoms with Crippen molar-refractivity contribution in [2.75, 3.05) is 4.72 Å². The number of sulfonamides is 1. The van der Waals surface area contributed by atoms with Crippen LogP contribution in [0.3, 0.4) is 0 Å². The summed E-state index contributed by atoms with van der Waals surface area (Å²) in [5.74, 6) is 0.388. The number of nitrogens with zero attached hydrogens (tertiary/aromatic N) is 3. The quantitative estimate of drug-likeness (QED) is 0.748. The summed E-state index contributed by atoms with van der Waals surface area (Å²) >= 11 is 0. The van der Waals surface area contributed by atoms with Gasteiger partial charge in [-0.25, -0.2) is 8.42 Å². The fourth-order valence-electron chi connectivity index (χ4n) is 1.98. The van der Waals surface area contributed by atoms with Crippen molar-refractivity contribution in [1.82, 2.24) is 20.6 Å². The van der Waals surface area contributed by atoms with Gasteiger partial charge in [-0.3, -0.25) is 4.72 Å². The molecule has 0 unspecified atom stereocenters. The van der Waals surface area contributed by atoms with Gasteiger partial charge in [-0.1, -0.05) is 30.3 Å². The van der Waals surface area contributed by atoms with E-state index in [0.29, 0.717) is 11.5 Å². The number of aromatic amines is 1. The Labute approximate surface area is 127 Å². The van der Waals surface area contributed by atoms with Crippen molar-refractivity contribution < 1.29 is 8.42 Å². The van der Waals surface area contributed by atoms with E-state index in [9.17, 15) is 8.42 Å². The summed E-state index contributed by atoms with van der Waals surface area (Å²) in [5.41, 5.74) is 1.97. The third-order valence-electron chi connectivity index (χ3n) is 2.96. The van der Waals surface area contributed by atoms with Crippen LogP contribution < -0.4 is 4.72 Å². The molecule has 0 radical (unpaired) electrons. The second kappa shape index (κ2) is 5.94. The number of hydrogen-bond acceptors (Lipinski definition) is 5. The minimum Gasteiger partial charge on any atom is -0.283 e. The number of aromatic nitrogens is 4. The molecule has 1 aromatic heterocycles. The van der Waals surface area contributed by atoms with Crippen LogP contribution in [0.2, 0.25) is 0 Å². The van der Waals surface area contributed by atoms with Crippen molar-refractivity contribution in [3.05, 3.63) is 60.2 Å². The lowest BCUT2D eigenvalue weighted by Gasteiger charge is -2.08. The largest absolute Gasteiger partial charge is 0.283 e. The van der Waals surface area contributed by atoms with Crippen LogP contribution >= 0.6 is 0 Å². The molecule has 0 spiro atoms. The van der Waals surface area contributed by atoms with Gasteiger partial charge in [0.05, 0.1) is 5.75 Å². The van der Waals surface area contributed by atoms with Crippen molar-refractivity contribution in [3.63, 3.8) is 0 Å². The molecule has 2 aromatic carbocycles. The lowest BCUT2D eigenvalue weighted by Crippen LogP contribution is -2.14. The highest BCUT2D eigenvalue weighted by molar-refractivity contribution is 7.91. The first-order valence-corrected chi connectivity index (χ1v) is 8.16. The number of rotatable bonds is 5. The second-order valence-electron chi connectivity index (χ2n) is 4.66. The van der Waals surface area contributed by atoms with Crippen LogP contribution in [-0.4, -0.2) is 29.0 Å². The zero-order chi connectivity index (χ0) is 15.4. The number of H-pyrrole nitrogens is 1. The standard InChI is InChI=1S/C14H13N5O2S/c20-22(21,10-11-4-2-1-3-5-11)17-13-8-6-12(7-9-13)14-15-18-19-16-14/h1-9,17H,10H2,(H,15,16,18,19). The third-order valence-corrected chi connectivity index (χ3v) is 4.22. The Balaban J connectivity index is 1.72. The average molecular weight is 315 g/mol. The summed E-state index contributed by atoms with van der Waals surface area (Å²) in [6.07, 6.45) is 0. The first kappa shape index (κ1) is 14.2. The van der Waals surface area contributed by atoms with E-state index in [4.69, 9.17) is 0 Å². The number of tetrazole rings is 1. The number of hydrogen-bond donors (Lipinski definition) is 2. The zero-order valence-electron chi connectivity index (χ0n) is 11.5. The Morgan fingerprint density at radius 1 is 1.00 bits per heavy atom. The number of nitrogens with one attached hydrogen (secondary N) is 2. The molecule has 0 saturated heterocycles. The molecule has 0 aliphatic rings. The van der Waals surface area contributed by atoms with Gasteiger partial charge in [-0.05, 0) is 35.0 Å². The Morgan fingerprint density at radius 2 is 1.73 bits per heavy atom. The molecule has 0 atom stereocenters. The Morgan fingerprint density at radius 3 is 2.36 bits per heavy atom. The predicted octanol–water partition coefficient (Wildman–Crippen LogP) is 1.81. The van der Waals surface area contributed by atoms with Crippen molar-refractivity contribution in [2.24, 2.45) is 0 Å². The van der Waals surface area contributed by atoms with Gasteiger partial charge in [0.1, 0.15) is 0 Å². The molecule has 0 aliphatic carbocycles. The predicted molar refractivity (Wildman–Crippen MR) is 82.3 cm³/mol. The van der Waals surface area contributed by atoms with E-state index in [0.717, 1.165) is 11.1 Å². The Hall–Kier alpha value is -2.74. The van der Waals surface area contributed by atoms with Gasteiger partial charge in [0, 0.05) is 11.3 Å². The molecule has 0 bridgehead atoms. The highest BCUT2D eigenvalue weighted by Crippen LogP contribution is 2.18. The summed E-state index contributed by atoms with van der Waals surface area (Å²) in [4.78, 5) is 0. The van der Waals surface area contributed by atoms with Crippen molar-refractivity contribution in [3.8, 4) is 11.4 Å². The van der Waals surface area contributed by atoms with Gasteiger partial charge < -0.3 is 0 Å². The van der Waals surface area contributed by atoms with Gasteiger partial charge in [0.15, 0.2) is 0 Å². The van der Waals surface area contributed by atoms with Gasteiger partial charge in [-0.15, -0.1) is 10.2 Å². The molecule has 2 N–H and O–H groups in total. The fraction of sp³-hybridized carbons (Fsp3) is 0.0714. The van der Waals surface area contributed by atoms with Gasteiger partial charge in [-0.2, -0.15) is 5.21 Å². The van der Waals surface area contributed by atoms with Crippen LogP contribution in [-0.2, 0) is 15.8 Å². The Kier molecular flexibility index (Phi) is 3.84. The second-order valence-corrected chi connectivity index (χ2v) is 6.38. The van der Waals surface area contributed by atoms with Crippen LogP contribution in [0, 0.1) is 0 Å². The highest BCUT2D eigenvalue weighted by Gasteiger charge is 2.12. The maximum absolute atomic E-state index is 12.1. The smallest absolute Gasteiger partial charge is 0.236 e. The van der Waals surface area contributed by atoms with E-state index in [1.54, 1.807) is 36.4 Å². The average Bonchev–Trinajstić information content (AvgIpc) is 3.02. The summed E-state index contributed by atoms with van der Waals surface area (Å²) in [5, 5.41) is 13.6. The molecule has 7 nitrogen and oxygen atoms in total. The minimum atomic E-state index is -3.45. The molecular formula is C14H13N5O2S. The van der Waals surface area contributed by atoms with Crippen molar-refractivity contribution >= 4 is 15.7 Å². The van der Waals surface area contributed by atoms with Crippen molar-refractivity contribution in [2.45, 2.75) is 5.75 Å². The van der Waals surface area contributed by atoms with Crippen molar-refractivity contribution in [1.29, 1.82) is 0 Å². The minimum absolute atomic E-state index is 0.0690. The molecule has 3 rings (SSSR count). The molecule has 8 heteroatoms. The van der Waals surface area contributed by atoms with Crippen LogP contribution in [0.4, 0.5) is 5.69 Å². The number of benzene rings is 2. The molecule has 0 aliphatic heterocycles. The molecule has 3 aromatic rings. The van der Waals surface area contributed by atoms with Crippen LogP contribution in [0.1, 0.15) is 5.56 Å². The molecule has 0 fully saturated rings. The summed E-state index contributed by atoms with van der Waals surface area (Å²) in [6.45, 7) is 0. The maximum atomic E-state index is 12.1. The van der Waals surface area contributed by atoms with E-state index < -0.39 is 10.0 Å². The monoisotopic (exact) mass is 315 g/mol. The summed E-state index contributed by atoms with van der Waals surface area (Å²) in [7, 11) is -3.45. The summed E-state index contributed by atoms with van der Waals surface area (Å²) in [6, 6.07) is 15.8. The van der Waals surface area contributed by atoms with E-state index in [-0.39, 0.29) is 5.75 Å². The lowest BCUT2D eigenvalue weighted by molar-refractivity contribution is 0.600. The topological polar surface area (TPSA) is 101 Å². The van der Waals surface area contributed by atoms with Crippen LogP contribution in [0.25, 0.3) is 11.4 Å². The van der Waals surface area contributed by atoms with E-state index in [1.165, 1.54) is 0 Å². The number of anilines is 1. The van der Waals surface area contributed by atoms with Crippen LogP contribution in [0.5, 0.6) is 0 Å². The molecule has 1 heterocycles. The molecule has 22 heavy (non-hydrogen) atoms. The van der Waals surface area contributed by atoms with Crippen LogP contribution in [0.15, 0.2) is 54.6 Å². The van der Waals surface area contributed by atoms with E-state index >= 15 is 0 Å². The van der Waals surface area contributed by atoms with E-state index in [1.807, 2.05) is 18.2 Å². The lowest BCUT2D eigenvalue weighted by atomic mass is 10.2. The fourth-order valence-corrected chi connectivity index (χ4v) is 3.18. The first-order valence-electron chi connectivity index (χ1n) is 6.51. The molecular weight excluding hydrogens is 302 g/mol. The maximum Gasteiger partial charge on any atom is 0.236 e. The van der Waals surface area contributed by atoms with Gasteiger partial charge in [0.2, 0.25) is 15.8 Å². The van der Waals surface area contributed by atoms with E-state index in [2.05, 4.69) is 25.3 Å². The van der Waals surface area contributed by atoms with Gasteiger partial charge in [0.25, 0.3) is 0 Å². The van der Waals surface area contributed by atoms with Gasteiger partial charge >= 0.3 is 0 Å².